The maximum absolute atomic E-state index is 6.55. The van der Waals surface area contributed by atoms with Crippen LogP contribution in [0.2, 0.25) is 0 Å². The molecule has 7 nitrogen and oxygen atoms in total. The number of aromatic nitrogens is 2. The topological polar surface area (TPSA) is 102 Å². The molecule has 1 heterocycles. The summed E-state index contributed by atoms with van der Waals surface area (Å²) in [7, 11) is 0. The molecule has 8 heteroatoms. The summed E-state index contributed by atoms with van der Waals surface area (Å²) in [6, 6.07) is 20.0. The summed E-state index contributed by atoms with van der Waals surface area (Å²) >= 11 is 4.84. The number of hydrogen-bond acceptors (Lipinski definition) is 6. The first-order valence-electron chi connectivity index (χ1n) is 12.0. The van der Waals surface area contributed by atoms with Gasteiger partial charge in [0.1, 0.15) is 0 Å². The van der Waals surface area contributed by atoms with Gasteiger partial charge in [-0.1, -0.05) is 75.0 Å². The highest BCUT2D eigenvalue weighted by Crippen LogP contribution is 2.25. The van der Waals surface area contributed by atoms with Gasteiger partial charge in [0.05, 0.1) is 11.2 Å². The van der Waals surface area contributed by atoms with E-state index in [0.717, 1.165) is 23.4 Å². The van der Waals surface area contributed by atoms with Crippen LogP contribution < -0.4 is 16.4 Å². The fourth-order valence-corrected chi connectivity index (χ4v) is 4.09. The molecule has 0 saturated heterocycles. The molecule has 0 radical (unpaired) electrons. The average Bonchev–Trinajstić information content (AvgIpc) is 2.87. The zero-order chi connectivity index (χ0) is 25.0. The van der Waals surface area contributed by atoms with E-state index in [2.05, 4.69) is 58.5 Å². The third-order valence-corrected chi connectivity index (χ3v) is 5.91. The molecule has 0 aliphatic rings. The number of thiol groups is 1. The fourth-order valence-electron chi connectivity index (χ4n) is 3.59. The largest absolute Gasteiger partial charge is 0.638 e. The second-order valence-corrected chi connectivity index (χ2v) is 9.31. The Hall–Kier alpha value is -2.94. The molecular formula is C27H36N7S-. The van der Waals surface area contributed by atoms with Gasteiger partial charge in [-0.05, 0) is 30.7 Å². The Morgan fingerprint density at radius 1 is 1.03 bits per heavy atom. The Kier molecular flexibility index (Phi) is 10.5. The van der Waals surface area contributed by atoms with Crippen molar-refractivity contribution >= 4 is 24.2 Å². The van der Waals surface area contributed by atoms with Crippen LogP contribution >= 0.6 is 12.6 Å². The minimum absolute atomic E-state index is 0.210. The first-order valence-corrected chi connectivity index (χ1v) is 12.5. The maximum Gasteiger partial charge on any atom is 0.159 e. The van der Waals surface area contributed by atoms with Gasteiger partial charge < -0.3 is 21.7 Å². The number of amidine groups is 1. The Bertz CT molecular complexity index is 1030. The summed E-state index contributed by atoms with van der Waals surface area (Å²) in [5.41, 5.74) is 9.58. The van der Waals surface area contributed by atoms with Gasteiger partial charge in [0.15, 0.2) is 5.82 Å². The third kappa shape index (κ3) is 8.35. The summed E-state index contributed by atoms with van der Waals surface area (Å²) in [6.45, 7) is 8.25. The van der Waals surface area contributed by atoms with E-state index in [0.29, 0.717) is 30.7 Å². The van der Waals surface area contributed by atoms with Crippen LogP contribution in [0.5, 0.6) is 0 Å². The Morgan fingerprint density at radius 3 is 2.34 bits per heavy atom. The van der Waals surface area contributed by atoms with Crippen LogP contribution in [0.25, 0.3) is 16.7 Å². The molecule has 186 valence electrons. The molecule has 0 bridgehead atoms. The van der Waals surface area contributed by atoms with Gasteiger partial charge in [-0.15, -0.1) is 6.54 Å². The van der Waals surface area contributed by atoms with E-state index < -0.39 is 0 Å². The van der Waals surface area contributed by atoms with Crippen molar-refractivity contribution in [1.29, 1.82) is 0 Å². The van der Waals surface area contributed by atoms with Crippen molar-refractivity contribution in [3.8, 4) is 11.4 Å². The molecule has 3 rings (SSSR count). The summed E-state index contributed by atoms with van der Waals surface area (Å²) < 4.78 is 0. The third-order valence-electron chi connectivity index (χ3n) is 5.41. The van der Waals surface area contributed by atoms with Crippen LogP contribution in [-0.2, 0) is 6.54 Å². The van der Waals surface area contributed by atoms with Gasteiger partial charge in [0.25, 0.3) is 0 Å². The molecule has 3 aromatic rings. The first kappa shape index (κ1) is 26.7. The van der Waals surface area contributed by atoms with E-state index in [4.69, 9.17) is 23.7 Å². The molecule has 3 unspecified atom stereocenters. The van der Waals surface area contributed by atoms with Crippen molar-refractivity contribution in [2.75, 3.05) is 18.4 Å². The van der Waals surface area contributed by atoms with Crippen molar-refractivity contribution < 1.29 is 0 Å². The minimum Gasteiger partial charge on any atom is -0.638 e. The fraction of sp³-hybridized carbons (Fsp3) is 0.370. The molecule has 3 atom stereocenters. The van der Waals surface area contributed by atoms with Crippen molar-refractivity contribution in [1.82, 2.24) is 15.3 Å². The highest BCUT2D eigenvalue weighted by atomic mass is 32.1. The van der Waals surface area contributed by atoms with Gasteiger partial charge in [-0.25, -0.2) is 9.97 Å². The predicted molar refractivity (Wildman–Crippen MR) is 150 cm³/mol. The Balaban J connectivity index is 1.82. The highest BCUT2D eigenvalue weighted by Gasteiger charge is 2.25. The lowest BCUT2D eigenvalue weighted by Crippen LogP contribution is -2.48. The molecule has 35 heavy (non-hydrogen) atoms. The number of hydrogen-bond donors (Lipinski definition) is 4. The molecule has 0 spiro atoms. The standard InChI is InChI=1S/C27H36N7S/c1-4-29-27(35)23(24(28)32-17-19(2)3)26(34-22-9-6-5-7-10-22)33-18-20-11-13-21(14-12-20)25-30-15-8-16-31-25/h5-16,19,23,26-27,29,34-35H,4,17-18H2,1-3H3,(H2,28,32)/q-1. The highest BCUT2D eigenvalue weighted by molar-refractivity contribution is 7.81. The van der Waals surface area contributed by atoms with E-state index in [9.17, 15) is 0 Å². The molecule has 0 fully saturated rings. The van der Waals surface area contributed by atoms with Crippen molar-refractivity contribution in [3.63, 3.8) is 0 Å². The Morgan fingerprint density at radius 2 is 1.71 bits per heavy atom. The van der Waals surface area contributed by atoms with Crippen molar-refractivity contribution in [2.45, 2.75) is 38.9 Å². The van der Waals surface area contributed by atoms with Crippen LogP contribution in [0.1, 0.15) is 26.3 Å². The second kappa shape index (κ2) is 13.8. The number of benzene rings is 2. The SMILES string of the molecule is CCNC(S)C(C(N)=NCC(C)C)C([N-]Cc1ccc(-c2ncccn2)cc1)Nc1ccccc1. The number of rotatable bonds is 13. The lowest BCUT2D eigenvalue weighted by Gasteiger charge is -2.42. The molecule has 0 aliphatic carbocycles. The van der Waals surface area contributed by atoms with Gasteiger partial charge in [0.2, 0.25) is 0 Å². The lowest BCUT2D eigenvalue weighted by molar-refractivity contribution is 0.513. The lowest BCUT2D eigenvalue weighted by atomic mass is 10.0. The number of nitrogens with two attached hydrogens (primary N) is 1. The van der Waals surface area contributed by atoms with Crippen LogP contribution in [-0.4, -0.2) is 40.4 Å². The molecule has 0 aliphatic heterocycles. The molecule has 2 aromatic carbocycles. The van der Waals surface area contributed by atoms with Gasteiger partial charge in [-0.3, -0.25) is 4.99 Å². The van der Waals surface area contributed by atoms with E-state index in [1.807, 2.05) is 48.5 Å². The predicted octanol–water partition coefficient (Wildman–Crippen LogP) is 4.95. The quantitative estimate of drug-likeness (QED) is 0.117. The smallest absolute Gasteiger partial charge is 0.159 e. The van der Waals surface area contributed by atoms with Gasteiger partial charge >= 0.3 is 0 Å². The molecule has 0 amide bonds. The number of nitrogens with zero attached hydrogens (tertiary/aromatic N) is 4. The van der Waals surface area contributed by atoms with Crippen molar-refractivity contribution in [3.05, 3.63) is 83.9 Å². The van der Waals surface area contributed by atoms with E-state index in [1.54, 1.807) is 12.4 Å². The summed E-state index contributed by atoms with van der Waals surface area (Å²) in [4.78, 5) is 13.3. The van der Waals surface area contributed by atoms with Crippen LogP contribution in [0.15, 0.2) is 78.0 Å². The molecule has 4 N–H and O–H groups in total. The average molecular weight is 491 g/mol. The zero-order valence-corrected chi connectivity index (χ0v) is 21.6. The minimum atomic E-state index is -0.327. The summed E-state index contributed by atoms with van der Waals surface area (Å²) in [6.07, 6.45) is 3.16. The number of para-hydroxylation sites is 1. The Labute approximate surface area is 214 Å². The van der Waals surface area contributed by atoms with E-state index >= 15 is 0 Å². The second-order valence-electron chi connectivity index (χ2n) is 8.75. The number of aliphatic imine (C=N–C) groups is 1. The van der Waals surface area contributed by atoms with Crippen LogP contribution in [0.3, 0.4) is 0 Å². The molecular weight excluding hydrogens is 454 g/mol. The monoisotopic (exact) mass is 490 g/mol. The first-order chi connectivity index (χ1) is 17.0. The van der Waals surface area contributed by atoms with E-state index in [1.165, 1.54) is 0 Å². The number of anilines is 1. The molecule has 0 saturated carbocycles. The van der Waals surface area contributed by atoms with Gasteiger partial charge in [-0.2, -0.15) is 12.6 Å². The summed E-state index contributed by atoms with van der Waals surface area (Å²) in [5, 5.41) is 11.8. The maximum atomic E-state index is 6.55. The van der Waals surface area contributed by atoms with E-state index in [-0.39, 0.29) is 17.5 Å². The van der Waals surface area contributed by atoms with Crippen molar-refractivity contribution in [2.24, 2.45) is 22.6 Å². The molecule has 1 aromatic heterocycles. The number of nitrogens with one attached hydrogen (secondary N) is 2. The normalized spacial score (nSPS) is 14.5. The zero-order valence-electron chi connectivity index (χ0n) is 20.7. The van der Waals surface area contributed by atoms with Gasteiger partial charge in [0, 0.05) is 36.1 Å². The summed E-state index contributed by atoms with van der Waals surface area (Å²) in [5.74, 6) is 1.43. The van der Waals surface area contributed by atoms with Crippen LogP contribution in [0, 0.1) is 11.8 Å². The van der Waals surface area contributed by atoms with Crippen LogP contribution in [0.4, 0.5) is 5.69 Å².